The molecular formula is C12H15F2N5. The van der Waals surface area contributed by atoms with Crippen molar-refractivity contribution in [1.82, 2.24) is 14.8 Å². The number of nitrogens with zero attached hydrogens (tertiary/aromatic N) is 3. The van der Waals surface area contributed by atoms with Gasteiger partial charge in [0.15, 0.2) is 23.3 Å². The van der Waals surface area contributed by atoms with E-state index < -0.39 is 11.6 Å². The molecule has 2 heterocycles. The molecule has 2 rings (SSSR count). The summed E-state index contributed by atoms with van der Waals surface area (Å²) >= 11 is 0. The Bertz CT molecular complexity index is 567. The van der Waals surface area contributed by atoms with Gasteiger partial charge in [-0.05, 0) is 13.0 Å². The number of nitrogens with one attached hydrogen (secondary N) is 2. The molecule has 0 aliphatic carbocycles. The number of rotatable bonds is 5. The summed E-state index contributed by atoms with van der Waals surface area (Å²) in [6, 6.07) is 2.62. The fourth-order valence-corrected chi connectivity index (χ4v) is 1.61. The average Bonchev–Trinajstić information content (AvgIpc) is 2.77. The van der Waals surface area contributed by atoms with Crippen molar-refractivity contribution in [2.24, 2.45) is 7.05 Å². The predicted molar refractivity (Wildman–Crippen MR) is 68.9 cm³/mol. The normalized spacial score (nSPS) is 10.5. The summed E-state index contributed by atoms with van der Waals surface area (Å²) in [5.74, 6) is -1.40. The van der Waals surface area contributed by atoms with E-state index in [2.05, 4.69) is 20.7 Å². The molecule has 19 heavy (non-hydrogen) atoms. The Morgan fingerprint density at radius 1 is 1.21 bits per heavy atom. The molecule has 0 saturated carbocycles. The molecule has 5 nitrogen and oxygen atoms in total. The summed E-state index contributed by atoms with van der Waals surface area (Å²) in [6.45, 7) is 2.64. The fraction of sp³-hybridized carbons (Fsp3) is 0.333. The van der Waals surface area contributed by atoms with Gasteiger partial charge in [0.25, 0.3) is 0 Å². The molecule has 2 aromatic heterocycles. The van der Waals surface area contributed by atoms with E-state index in [-0.39, 0.29) is 11.6 Å². The van der Waals surface area contributed by atoms with Crippen molar-refractivity contribution in [3.63, 3.8) is 0 Å². The SMILES string of the molecule is CCNc1nc(NCc2ccn(C)n2)c(F)cc1F. The molecule has 0 aliphatic rings. The molecule has 2 aromatic rings. The summed E-state index contributed by atoms with van der Waals surface area (Å²) in [4.78, 5) is 3.88. The quantitative estimate of drug-likeness (QED) is 0.871. The third-order valence-electron chi connectivity index (χ3n) is 2.48. The first-order valence-corrected chi connectivity index (χ1v) is 5.92. The van der Waals surface area contributed by atoms with Crippen LogP contribution >= 0.6 is 0 Å². The zero-order chi connectivity index (χ0) is 13.8. The predicted octanol–water partition coefficient (Wildman–Crippen LogP) is 2.14. The monoisotopic (exact) mass is 267 g/mol. The number of pyridine rings is 1. The number of hydrogen-bond acceptors (Lipinski definition) is 4. The van der Waals surface area contributed by atoms with Crippen LogP contribution in [0, 0.1) is 11.6 Å². The van der Waals surface area contributed by atoms with Crippen LogP contribution in [0.2, 0.25) is 0 Å². The van der Waals surface area contributed by atoms with Gasteiger partial charge in [0, 0.05) is 25.9 Å². The lowest BCUT2D eigenvalue weighted by molar-refractivity contribution is 0.578. The Hall–Kier alpha value is -2.18. The molecule has 0 unspecified atom stereocenters. The summed E-state index contributed by atoms with van der Waals surface area (Å²) in [7, 11) is 1.80. The van der Waals surface area contributed by atoms with Crippen LogP contribution in [0.25, 0.3) is 0 Å². The number of halogens is 2. The van der Waals surface area contributed by atoms with Crippen LogP contribution in [-0.4, -0.2) is 21.3 Å². The number of hydrogen-bond donors (Lipinski definition) is 2. The van der Waals surface area contributed by atoms with Crippen molar-refractivity contribution in [2.45, 2.75) is 13.5 Å². The van der Waals surface area contributed by atoms with Crippen LogP contribution in [0.5, 0.6) is 0 Å². The molecule has 0 spiro atoms. The largest absolute Gasteiger partial charge is 0.368 e. The van der Waals surface area contributed by atoms with Crippen molar-refractivity contribution < 1.29 is 8.78 Å². The zero-order valence-corrected chi connectivity index (χ0v) is 10.7. The highest BCUT2D eigenvalue weighted by Gasteiger charge is 2.11. The molecule has 0 saturated heterocycles. The number of anilines is 2. The van der Waals surface area contributed by atoms with Gasteiger partial charge in [0.05, 0.1) is 12.2 Å². The first-order valence-electron chi connectivity index (χ1n) is 5.92. The van der Waals surface area contributed by atoms with Gasteiger partial charge in [-0.25, -0.2) is 13.8 Å². The smallest absolute Gasteiger partial charge is 0.168 e. The first kappa shape index (κ1) is 13.3. The summed E-state index contributed by atoms with van der Waals surface area (Å²) in [5, 5.41) is 9.68. The number of aryl methyl sites for hydroxylation is 1. The Morgan fingerprint density at radius 2 is 1.89 bits per heavy atom. The molecule has 0 aromatic carbocycles. The van der Waals surface area contributed by atoms with Crippen LogP contribution in [0.1, 0.15) is 12.6 Å². The van der Waals surface area contributed by atoms with E-state index in [0.717, 1.165) is 11.8 Å². The average molecular weight is 267 g/mol. The minimum absolute atomic E-state index is 0.00278. The van der Waals surface area contributed by atoms with E-state index in [4.69, 9.17) is 0 Å². The molecule has 0 aliphatic heterocycles. The Balaban J connectivity index is 2.13. The topological polar surface area (TPSA) is 54.8 Å². The molecule has 0 atom stereocenters. The van der Waals surface area contributed by atoms with Crippen LogP contribution in [-0.2, 0) is 13.6 Å². The van der Waals surface area contributed by atoms with Crippen LogP contribution in [0.3, 0.4) is 0 Å². The Labute approximate surface area is 109 Å². The minimum Gasteiger partial charge on any atom is -0.368 e. The maximum atomic E-state index is 13.6. The van der Waals surface area contributed by atoms with E-state index in [0.29, 0.717) is 13.1 Å². The van der Waals surface area contributed by atoms with Gasteiger partial charge in [-0.3, -0.25) is 4.68 Å². The maximum Gasteiger partial charge on any atom is 0.168 e. The highest BCUT2D eigenvalue weighted by molar-refractivity contribution is 5.47. The van der Waals surface area contributed by atoms with Crippen molar-refractivity contribution >= 4 is 11.6 Å². The van der Waals surface area contributed by atoms with Gasteiger partial charge >= 0.3 is 0 Å². The summed E-state index contributed by atoms with van der Waals surface area (Å²) in [5.41, 5.74) is 0.748. The Morgan fingerprint density at radius 3 is 2.47 bits per heavy atom. The van der Waals surface area contributed by atoms with E-state index >= 15 is 0 Å². The second-order valence-electron chi connectivity index (χ2n) is 4.01. The van der Waals surface area contributed by atoms with E-state index in [1.807, 2.05) is 6.92 Å². The Kier molecular flexibility index (Phi) is 3.94. The highest BCUT2D eigenvalue weighted by Crippen LogP contribution is 2.19. The van der Waals surface area contributed by atoms with Crippen LogP contribution < -0.4 is 10.6 Å². The van der Waals surface area contributed by atoms with Gasteiger partial charge < -0.3 is 10.6 Å². The molecule has 0 amide bonds. The van der Waals surface area contributed by atoms with Crippen LogP contribution in [0.15, 0.2) is 18.3 Å². The molecule has 0 fully saturated rings. The molecule has 0 bridgehead atoms. The third kappa shape index (κ3) is 3.18. The molecule has 102 valence electrons. The molecule has 7 heteroatoms. The summed E-state index contributed by atoms with van der Waals surface area (Å²) in [6.07, 6.45) is 1.79. The molecular weight excluding hydrogens is 252 g/mol. The second kappa shape index (κ2) is 5.64. The lowest BCUT2D eigenvalue weighted by Crippen LogP contribution is -2.09. The van der Waals surface area contributed by atoms with Gasteiger partial charge in [-0.1, -0.05) is 0 Å². The number of aromatic nitrogens is 3. The van der Waals surface area contributed by atoms with Gasteiger partial charge in [-0.15, -0.1) is 0 Å². The first-order chi connectivity index (χ1) is 9.10. The van der Waals surface area contributed by atoms with Gasteiger partial charge in [0.1, 0.15) is 0 Å². The van der Waals surface area contributed by atoms with Gasteiger partial charge in [-0.2, -0.15) is 5.10 Å². The van der Waals surface area contributed by atoms with E-state index in [9.17, 15) is 8.78 Å². The lowest BCUT2D eigenvalue weighted by Gasteiger charge is -2.09. The van der Waals surface area contributed by atoms with Crippen LogP contribution in [0.4, 0.5) is 20.4 Å². The minimum atomic E-state index is -0.727. The van der Waals surface area contributed by atoms with Crippen molar-refractivity contribution in [3.8, 4) is 0 Å². The zero-order valence-electron chi connectivity index (χ0n) is 10.7. The molecule has 0 radical (unpaired) electrons. The summed E-state index contributed by atoms with van der Waals surface area (Å²) < 4.78 is 28.6. The second-order valence-corrected chi connectivity index (χ2v) is 4.01. The van der Waals surface area contributed by atoms with Crippen molar-refractivity contribution in [1.29, 1.82) is 0 Å². The highest BCUT2D eigenvalue weighted by atomic mass is 19.1. The van der Waals surface area contributed by atoms with E-state index in [1.54, 1.807) is 24.0 Å². The van der Waals surface area contributed by atoms with Crippen molar-refractivity contribution in [2.75, 3.05) is 17.2 Å². The van der Waals surface area contributed by atoms with Crippen molar-refractivity contribution in [3.05, 3.63) is 35.7 Å². The standard InChI is InChI=1S/C12H15F2N5/c1-3-15-11-9(13)6-10(14)12(17-11)16-7-8-4-5-19(2)18-8/h4-6H,3,7H2,1-2H3,(H2,15,16,17). The maximum absolute atomic E-state index is 13.6. The van der Waals surface area contributed by atoms with E-state index in [1.165, 1.54) is 0 Å². The molecule has 2 N–H and O–H groups in total. The fourth-order valence-electron chi connectivity index (χ4n) is 1.61. The third-order valence-corrected chi connectivity index (χ3v) is 2.48. The van der Waals surface area contributed by atoms with Gasteiger partial charge in [0.2, 0.25) is 0 Å². The lowest BCUT2D eigenvalue weighted by atomic mass is 10.3.